The molecule has 180 valence electrons. The molecule has 11 heteroatoms. The Morgan fingerprint density at radius 1 is 1.21 bits per heavy atom. The topological polar surface area (TPSA) is 103 Å². The van der Waals surface area contributed by atoms with Gasteiger partial charge in [-0.15, -0.1) is 0 Å². The molecule has 2 atom stereocenters. The van der Waals surface area contributed by atoms with Crippen molar-refractivity contribution in [1.82, 2.24) is 14.4 Å². The zero-order chi connectivity index (χ0) is 24.5. The minimum atomic E-state index is -3.87. The number of carbonyl (C=O) groups is 1. The standard InChI is InChI=1S/C23H23F2N3O5S/c1-14-5-6-16(12-20(14)25)21-26-22(33-27-21)15(2)32-23(29)17-4-3-11-28(13-17)34(30,31)19-9-7-18(24)8-10-19/h5-10,12,15,17H,3-4,11,13H2,1-2H3. The minimum absolute atomic E-state index is 0.0379. The van der Waals surface area contributed by atoms with Gasteiger partial charge < -0.3 is 9.26 Å². The molecule has 1 fully saturated rings. The largest absolute Gasteiger partial charge is 0.452 e. The minimum Gasteiger partial charge on any atom is -0.452 e. The maximum atomic E-state index is 13.8. The van der Waals surface area contributed by atoms with Crippen LogP contribution >= 0.6 is 0 Å². The summed E-state index contributed by atoms with van der Waals surface area (Å²) in [5.41, 5.74) is 0.906. The molecule has 8 nitrogen and oxygen atoms in total. The molecule has 34 heavy (non-hydrogen) atoms. The number of esters is 1. The van der Waals surface area contributed by atoms with Gasteiger partial charge in [0.15, 0.2) is 6.10 Å². The van der Waals surface area contributed by atoms with Crippen LogP contribution in [0.15, 0.2) is 51.9 Å². The van der Waals surface area contributed by atoms with E-state index in [9.17, 15) is 22.0 Å². The second-order valence-electron chi connectivity index (χ2n) is 8.16. The molecule has 0 aliphatic carbocycles. The molecule has 3 aromatic rings. The van der Waals surface area contributed by atoms with E-state index in [2.05, 4.69) is 10.1 Å². The number of aryl methyl sites for hydroxylation is 1. The molecule has 0 amide bonds. The molecule has 0 saturated carbocycles. The van der Waals surface area contributed by atoms with Crippen molar-refractivity contribution in [2.45, 2.75) is 37.7 Å². The number of piperidine rings is 1. The van der Waals surface area contributed by atoms with Gasteiger partial charge in [-0.3, -0.25) is 4.79 Å². The highest BCUT2D eigenvalue weighted by molar-refractivity contribution is 7.89. The van der Waals surface area contributed by atoms with Crippen LogP contribution in [0.1, 0.15) is 37.3 Å². The summed E-state index contributed by atoms with van der Waals surface area (Å²) in [6.45, 7) is 3.39. The van der Waals surface area contributed by atoms with E-state index in [1.54, 1.807) is 26.0 Å². The van der Waals surface area contributed by atoms with Gasteiger partial charge in [0.25, 0.3) is 5.89 Å². The number of hydrogen-bond acceptors (Lipinski definition) is 7. The van der Waals surface area contributed by atoms with Crippen molar-refractivity contribution in [3.8, 4) is 11.4 Å². The Morgan fingerprint density at radius 2 is 1.94 bits per heavy atom. The van der Waals surface area contributed by atoms with Crippen LogP contribution in [0, 0.1) is 24.5 Å². The van der Waals surface area contributed by atoms with E-state index in [4.69, 9.17) is 9.26 Å². The molecule has 1 aliphatic rings. The summed E-state index contributed by atoms with van der Waals surface area (Å²) in [5.74, 6) is -2.01. The van der Waals surface area contributed by atoms with E-state index < -0.39 is 39.6 Å². The summed E-state index contributed by atoms with van der Waals surface area (Å²) in [7, 11) is -3.87. The normalized spacial score (nSPS) is 17.9. The lowest BCUT2D eigenvalue weighted by molar-refractivity contribution is -0.156. The van der Waals surface area contributed by atoms with Gasteiger partial charge in [-0.25, -0.2) is 17.2 Å². The van der Waals surface area contributed by atoms with Crippen molar-refractivity contribution in [1.29, 1.82) is 0 Å². The monoisotopic (exact) mass is 491 g/mol. The van der Waals surface area contributed by atoms with Crippen molar-refractivity contribution >= 4 is 16.0 Å². The molecule has 2 unspecified atom stereocenters. The molecule has 1 aromatic heterocycles. The van der Waals surface area contributed by atoms with Gasteiger partial charge in [-0.2, -0.15) is 9.29 Å². The summed E-state index contributed by atoms with van der Waals surface area (Å²) in [4.78, 5) is 16.9. The Hall–Kier alpha value is -3.18. The van der Waals surface area contributed by atoms with E-state index in [0.29, 0.717) is 24.0 Å². The third-order valence-electron chi connectivity index (χ3n) is 5.68. The molecule has 2 aromatic carbocycles. The average Bonchev–Trinajstić information content (AvgIpc) is 3.32. The fourth-order valence-corrected chi connectivity index (χ4v) is 5.20. The summed E-state index contributed by atoms with van der Waals surface area (Å²) >= 11 is 0. The average molecular weight is 492 g/mol. The zero-order valence-corrected chi connectivity index (χ0v) is 19.4. The highest BCUT2D eigenvalue weighted by Gasteiger charge is 2.35. The molecule has 4 rings (SSSR count). The maximum Gasteiger partial charge on any atom is 0.311 e. The van der Waals surface area contributed by atoms with Gasteiger partial charge in [0.1, 0.15) is 11.6 Å². The van der Waals surface area contributed by atoms with Crippen LogP contribution in [-0.2, 0) is 19.6 Å². The fourth-order valence-electron chi connectivity index (χ4n) is 3.68. The van der Waals surface area contributed by atoms with Crippen LogP contribution in [0.5, 0.6) is 0 Å². The van der Waals surface area contributed by atoms with Gasteiger partial charge in [-0.05, 0) is 62.6 Å². The van der Waals surface area contributed by atoms with Crippen LogP contribution in [0.25, 0.3) is 11.4 Å². The number of hydrogen-bond donors (Lipinski definition) is 0. The maximum absolute atomic E-state index is 13.8. The quantitative estimate of drug-likeness (QED) is 0.480. The third kappa shape index (κ3) is 5.00. The van der Waals surface area contributed by atoms with E-state index >= 15 is 0 Å². The zero-order valence-electron chi connectivity index (χ0n) is 18.6. The predicted octanol–water partition coefficient (Wildman–Crippen LogP) is 4.03. The highest BCUT2D eigenvalue weighted by Crippen LogP contribution is 2.27. The summed E-state index contributed by atoms with van der Waals surface area (Å²) in [5, 5.41) is 3.82. The number of ether oxygens (including phenoxy) is 1. The number of sulfonamides is 1. The number of nitrogens with zero attached hydrogens (tertiary/aromatic N) is 3. The second kappa shape index (κ2) is 9.59. The first kappa shape index (κ1) is 24.0. The first-order valence-electron chi connectivity index (χ1n) is 10.7. The Bertz CT molecular complexity index is 1290. The third-order valence-corrected chi connectivity index (χ3v) is 7.56. The van der Waals surface area contributed by atoms with Gasteiger partial charge >= 0.3 is 5.97 Å². The van der Waals surface area contributed by atoms with E-state index in [1.807, 2.05) is 0 Å². The van der Waals surface area contributed by atoms with Crippen molar-refractivity contribution in [3.63, 3.8) is 0 Å². The molecular weight excluding hydrogens is 468 g/mol. The summed E-state index contributed by atoms with van der Waals surface area (Å²) in [6, 6.07) is 9.09. The van der Waals surface area contributed by atoms with Crippen molar-refractivity contribution in [2.75, 3.05) is 13.1 Å². The van der Waals surface area contributed by atoms with Crippen LogP contribution in [0.4, 0.5) is 8.78 Å². The van der Waals surface area contributed by atoms with Crippen LogP contribution in [0.2, 0.25) is 0 Å². The van der Waals surface area contributed by atoms with Crippen molar-refractivity contribution < 1.29 is 31.3 Å². The van der Waals surface area contributed by atoms with E-state index in [-0.39, 0.29) is 29.7 Å². The molecule has 0 radical (unpaired) electrons. The number of carbonyl (C=O) groups excluding carboxylic acids is 1. The van der Waals surface area contributed by atoms with Crippen molar-refractivity contribution in [3.05, 3.63) is 65.6 Å². The first-order chi connectivity index (χ1) is 16.1. The van der Waals surface area contributed by atoms with Gasteiger partial charge in [0.2, 0.25) is 15.8 Å². The van der Waals surface area contributed by atoms with E-state index in [0.717, 1.165) is 12.1 Å². The molecule has 2 heterocycles. The first-order valence-corrected chi connectivity index (χ1v) is 12.2. The van der Waals surface area contributed by atoms with Crippen molar-refractivity contribution in [2.24, 2.45) is 5.92 Å². The number of halogens is 2. The SMILES string of the molecule is Cc1ccc(-c2noc(C(C)OC(=O)C3CCCN(S(=O)(=O)c4ccc(F)cc4)C3)n2)cc1F. The van der Waals surface area contributed by atoms with Crippen LogP contribution < -0.4 is 0 Å². The summed E-state index contributed by atoms with van der Waals surface area (Å²) < 4.78 is 64.6. The Labute approximate surface area is 195 Å². The molecule has 0 spiro atoms. The van der Waals surface area contributed by atoms with E-state index in [1.165, 1.54) is 22.5 Å². The lowest BCUT2D eigenvalue weighted by Crippen LogP contribution is -2.42. The van der Waals surface area contributed by atoms with Crippen LogP contribution in [-0.4, -0.2) is 41.9 Å². The number of aromatic nitrogens is 2. The smallest absolute Gasteiger partial charge is 0.311 e. The number of rotatable bonds is 6. The fraction of sp³-hybridized carbons (Fsp3) is 0.348. The number of benzene rings is 2. The summed E-state index contributed by atoms with van der Waals surface area (Å²) in [6.07, 6.45) is 0.0462. The van der Waals surface area contributed by atoms with Gasteiger partial charge in [0.05, 0.1) is 10.8 Å². The van der Waals surface area contributed by atoms with Crippen LogP contribution in [0.3, 0.4) is 0 Å². The Balaban J connectivity index is 1.42. The molecule has 1 saturated heterocycles. The lowest BCUT2D eigenvalue weighted by atomic mass is 10.00. The lowest BCUT2D eigenvalue weighted by Gasteiger charge is -2.31. The van der Waals surface area contributed by atoms with Gasteiger partial charge in [-0.1, -0.05) is 17.3 Å². The van der Waals surface area contributed by atoms with Gasteiger partial charge in [0, 0.05) is 18.7 Å². The Morgan fingerprint density at radius 3 is 2.65 bits per heavy atom. The molecule has 0 bridgehead atoms. The molecule has 1 aliphatic heterocycles. The predicted molar refractivity (Wildman–Crippen MR) is 117 cm³/mol. The highest BCUT2D eigenvalue weighted by atomic mass is 32.2. The second-order valence-corrected chi connectivity index (χ2v) is 10.1. The molecular formula is C23H23F2N3O5S. The Kier molecular flexibility index (Phi) is 6.76. The molecule has 0 N–H and O–H groups in total.